The molecule has 11 rings (SSSR count). The Bertz CT molecular complexity index is 3000. The molecule has 0 atom stereocenters. The quantitative estimate of drug-likeness (QED) is 0.175. The van der Waals surface area contributed by atoms with E-state index in [1.807, 2.05) is 0 Å². The molecule has 0 bridgehead atoms. The predicted molar refractivity (Wildman–Crippen MR) is 224 cm³/mol. The number of para-hydroxylation sites is 2. The summed E-state index contributed by atoms with van der Waals surface area (Å²) >= 11 is 0. The molecule has 0 saturated carbocycles. The zero-order valence-electron chi connectivity index (χ0n) is 30.0. The molecule has 2 aliphatic carbocycles. The Kier molecular flexibility index (Phi) is 6.46. The Morgan fingerprint density at radius 2 is 1.06 bits per heavy atom. The molecule has 2 nitrogen and oxygen atoms in total. The Morgan fingerprint density at radius 1 is 0.453 bits per heavy atom. The van der Waals surface area contributed by atoms with Gasteiger partial charge in [-0.3, -0.25) is 0 Å². The summed E-state index contributed by atoms with van der Waals surface area (Å²) in [4.78, 5) is 0. The van der Waals surface area contributed by atoms with Crippen molar-refractivity contribution in [1.29, 1.82) is 0 Å². The van der Waals surface area contributed by atoms with E-state index < -0.39 is 0 Å². The molecular formula is C51H38N2. The van der Waals surface area contributed by atoms with E-state index in [2.05, 4.69) is 193 Å². The minimum Gasteiger partial charge on any atom is -0.309 e. The standard InChI is InChI=1S/C51H38N2/c1-51(2)45-19-11-9-17-39(45)41-31-44-43-30-36(35-23-27-48-42(29-35)40-18-10-12-20-47(40)52(48)37-15-7-4-8-16-37)24-28-49(43)53(50(44)32-46(41)51)38-25-21-34(22-26-38)33-13-5-3-6-14-33/h3-5,7-13,15-32H,6,14H2,1-2H3. The molecule has 252 valence electrons. The molecule has 7 aromatic carbocycles. The van der Waals surface area contributed by atoms with Gasteiger partial charge in [0.1, 0.15) is 0 Å². The van der Waals surface area contributed by atoms with Gasteiger partial charge in [-0.05, 0) is 124 Å². The van der Waals surface area contributed by atoms with Crippen molar-refractivity contribution in [2.24, 2.45) is 0 Å². The molecule has 0 unspecified atom stereocenters. The van der Waals surface area contributed by atoms with Crippen molar-refractivity contribution in [1.82, 2.24) is 9.13 Å². The normalized spacial score (nSPS) is 14.6. The summed E-state index contributed by atoms with van der Waals surface area (Å²) in [6.07, 6.45) is 8.91. The monoisotopic (exact) mass is 678 g/mol. The summed E-state index contributed by atoms with van der Waals surface area (Å²) in [7, 11) is 0. The molecule has 2 heterocycles. The van der Waals surface area contributed by atoms with Gasteiger partial charge in [-0.2, -0.15) is 0 Å². The highest BCUT2D eigenvalue weighted by atomic mass is 15.0. The third-order valence-electron chi connectivity index (χ3n) is 12.0. The van der Waals surface area contributed by atoms with Gasteiger partial charge >= 0.3 is 0 Å². The van der Waals surface area contributed by atoms with Crippen LogP contribution in [0, 0.1) is 0 Å². The summed E-state index contributed by atoms with van der Waals surface area (Å²) < 4.78 is 4.88. The summed E-state index contributed by atoms with van der Waals surface area (Å²) in [5.74, 6) is 0. The highest BCUT2D eigenvalue weighted by molar-refractivity contribution is 6.14. The van der Waals surface area contributed by atoms with Crippen molar-refractivity contribution in [3.05, 3.63) is 187 Å². The second kappa shape index (κ2) is 11.3. The highest BCUT2D eigenvalue weighted by Gasteiger charge is 2.36. The van der Waals surface area contributed by atoms with Crippen molar-refractivity contribution in [2.45, 2.75) is 32.1 Å². The molecule has 9 aromatic rings. The van der Waals surface area contributed by atoms with Crippen LogP contribution in [-0.4, -0.2) is 9.13 Å². The van der Waals surface area contributed by atoms with E-state index in [1.54, 1.807) is 0 Å². The van der Waals surface area contributed by atoms with Crippen molar-refractivity contribution >= 4 is 49.2 Å². The molecule has 0 aliphatic heterocycles. The maximum atomic E-state index is 2.49. The average Bonchev–Trinajstić information content (AvgIpc) is 3.80. The Hall–Kier alpha value is -6.38. The SMILES string of the molecule is CC1(C)c2ccccc2-c2cc3c4cc(-c5ccc6c(c5)c5ccccc5n6-c5ccccc5)ccc4n(-c4ccc(C5=CC=CCC5)cc4)c3cc21. The number of benzene rings is 7. The fourth-order valence-corrected chi connectivity index (χ4v) is 9.35. The van der Waals surface area contributed by atoms with Gasteiger partial charge in [-0.1, -0.05) is 117 Å². The lowest BCUT2D eigenvalue weighted by molar-refractivity contribution is 0.661. The van der Waals surface area contributed by atoms with E-state index in [0.717, 1.165) is 12.8 Å². The maximum Gasteiger partial charge on any atom is 0.0544 e. The summed E-state index contributed by atoms with van der Waals surface area (Å²) in [6, 6.07) is 56.7. The summed E-state index contributed by atoms with van der Waals surface area (Å²) in [5.41, 5.74) is 17.9. The third kappa shape index (κ3) is 4.45. The van der Waals surface area contributed by atoms with Crippen LogP contribution in [0.1, 0.15) is 43.4 Å². The van der Waals surface area contributed by atoms with Gasteiger partial charge in [0.25, 0.3) is 0 Å². The van der Waals surface area contributed by atoms with Gasteiger partial charge in [0, 0.05) is 38.3 Å². The lowest BCUT2D eigenvalue weighted by Crippen LogP contribution is -2.14. The maximum absolute atomic E-state index is 2.49. The zero-order valence-corrected chi connectivity index (χ0v) is 30.0. The van der Waals surface area contributed by atoms with Crippen molar-refractivity contribution in [3.8, 4) is 33.6 Å². The van der Waals surface area contributed by atoms with Gasteiger partial charge in [0.15, 0.2) is 0 Å². The second-order valence-corrected chi connectivity index (χ2v) is 15.3. The molecule has 2 aromatic heterocycles. The minimum absolute atomic E-state index is 0.0776. The number of allylic oxidation sites excluding steroid dienone is 4. The smallest absolute Gasteiger partial charge is 0.0544 e. The summed E-state index contributed by atoms with van der Waals surface area (Å²) in [5, 5.41) is 5.11. The van der Waals surface area contributed by atoms with E-state index >= 15 is 0 Å². The fraction of sp³-hybridized carbons (Fsp3) is 0.0980. The van der Waals surface area contributed by atoms with Crippen LogP contribution in [0.15, 0.2) is 170 Å². The van der Waals surface area contributed by atoms with E-state index in [-0.39, 0.29) is 5.41 Å². The number of nitrogens with zero attached hydrogens (tertiary/aromatic N) is 2. The number of fused-ring (bicyclic) bond motifs is 9. The Balaban J connectivity index is 1.13. The summed E-state index contributed by atoms with van der Waals surface area (Å²) in [6.45, 7) is 4.75. The number of hydrogen-bond acceptors (Lipinski definition) is 0. The third-order valence-corrected chi connectivity index (χ3v) is 12.0. The molecule has 0 saturated heterocycles. The van der Waals surface area contributed by atoms with Crippen LogP contribution in [0.3, 0.4) is 0 Å². The molecule has 0 fully saturated rings. The van der Waals surface area contributed by atoms with Crippen LogP contribution in [-0.2, 0) is 5.41 Å². The van der Waals surface area contributed by atoms with Crippen molar-refractivity contribution in [2.75, 3.05) is 0 Å². The van der Waals surface area contributed by atoms with Crippen LogP contribution in [0.2, 0.25) is 0 Å². The predicted octanol–water partition coefficient (Wildman–Crippen LogP) is 13.6. The fourth-order valence-electron chi connectivity index (χ4n) is 9.35. The van der Waals surface area contributed by atoms with E-state index in [4.69, 9.17) is 0 Å². The number of rotatable bonds is 4. The van der Waals surface area contributed by atoms with E-state index in [1.165, 1.54) is 99.5 Å². The second-order valence-electron chi connectivity index (χ2n) is 15.3. The van der Waals surface area contributed by atoms with Gasteiger partial charge < -0.3 is 9.13 Å². The van der Waals surface area contributed by atoms with E-state index in [9.17, 15) is 0 Å². The van der Waals surface area contributed by atoms with Crippen LogP contribution in [0.5, 0.6) is 0 Å². The first kappa shape index (κ1) is 30.3. The first-order chi connectivity index (χ1) is 26.0. The lowest BCUT2D eigenvalue weighted by atomic mass is 9.82. The van der Waals surface area contributed by atoms with Crippen LogP contribution in [0.4, 0.5) is 0 Å². The largest absolute Gasteiger partial charge is 0.309 e. The molecule has 0 N–H and O–H groups in total. The Morgan fingerprint density at radius 3 is 1.81 bits per heavy atom. The number of hydrogen-bond donors (Lipinski definition) is 0. The van der Waals surface area contributed by atoms with E-state index in [0.29, 0.717) is 0 Å². The van der Waals surface area contributed by atoms with Crippen molar-refractivity contribution < 1.29 is 0 Å². The lowest BCUT2D eigenvalue weighted by Gasteiger charge is -2.21. The van der Waals surface area contributed by atoms with Crippen LogP contribution in [0.25, 0.3) is 82.8 Å². The topological polar surface area (TPSA) is 9.86 Å². The first-order valence-electron chi connectivity index (χ1n) is 18.8. The van der Waals surface area contributed by atoms with Gasteiger partial charge in [0.2, 0.25) is 0 Å². The molecule has 0 spiro atoms. The molecular weight excluding hydrogens is 641 g/mol. The molecule has 0 amide bonds. The van der Waals surface area contributed by atoms with Crippen LogP contribution < -0.4 is 0 Å². The number of aromatic nitrogens is 2. The Labute approximate surface area is 309 Å². The van der Waals surface area contributed by atoms with Gasteiger partial charge in [0.05, 0.1) is 22.1 Å². The van der Waals surface area contributed by atoms with Gasteiger partial charge in [-0.15, -0.1) is 0 Å². The molecule has 2 heteroatoms. The molecule has 53 heavy (non-hydrogen) atoms. The van der Waals surface area contributed by atoms with Crippen molar-refractivity contribution in [3.63, 3.8) is 0 Å². The highest BCUT2D eigenvalue weighted by Crippen LogP contribution is 2.51. The minimum atomic E-state index is -0.0776. The molecule has 0 radical (unpaired) electrons. The molecule has 2 aliphatic rings. The zero-order chi connectivity index (χ0) is 35.3. The average molecular weight is 679 g/mol. The van der Waals surface area contributed by atoms with Crippen LogP contribution >= 0.6 is 0 Å². The first-order valence-corrected chi connectivity index (χ1v) is 18.8. The van der Waals surface area contributed by atoms with Gasteiger partial charge in [-0.25, -0.2) is 0 Å².